The van der Waals surface area contributed by atoms with Crippen LogP contribution < -0.4 is 16.0 Å². The fourth-order valence-corrected chi connectivity index (χ4v) is 2.63. The first kappa shape index (κ1) is 22.1. The highest BCUT2D eigenvalue weighted by Crippen LogP contribution is 2.15. The number of hydrogen-bond donors (Lipinski definition) is 3. The molecule has 0 aliphatic carbocycles. The van der Waals surface area contributed by atoms with Crippen LogP contribution in [0.1, 0.15) is 27.9 Å². The number of rotatable bonds is 8. The summed E-state index contributed by atoms with van der Waals surface area (Å²) >= 11 is 0. The normalized spacial score (nSPS) is 10.5. The lowest BCUT2D eigenvalue weighted by Gasteiger charge is -2.12. The largest absolute Gasteiger partial charge is 0.348 e. The van der Waals surface area contributed by atoms with Crippen molar-refractivity contribution in [3.8, 4) is 0 Å². The molecule has 2 rings (SSSR count). The van der Waals surface area contributed by atoms with Crippen molar-refractivity contribution in [2.75, 3.05) is 32.5 Å². The maximum Gasteiger partial charge on any atom is 0.313 e. The average molecular weight is 396 g/mol. The molecule has 2 aromatic carbocycles. The van der Waals surface area contributed by atoms with Crippen molar-refractivity contribution in [1.82, 2.24) is 15.5 Å². The molecule has 3 N–H and O–H groups in total. The van der Waals surface area contributed by atoms with Crippen LogP contribution in [0.2, 0.25) is 0 Å². The Bertz CT molecular complexity index is 847. The van der Waals surface area contributed by atoms with Crippen molar-refractivity contribution in [2.45, 2.75) is 19.9 Å². The molecule has 7 heteroatoms. The van der Waals surface area contributed by atoms with Gasteiger partial charge in [0, 0.05) is 13.1 Å². The second-order valence-corrected chi connectivity index (χ2v) is 7.08. The quantitative estimate of drug-likeness (QED) is 0.470. The SMILES string of the molecule is Cc1ccc(CNC(=O)c2ccccc2NC(=O)C(=O)NCCCN(C)C)cc1. The Balaban J connectivity index is 1.93. The monoisotopic (exact) mass is 396 g/mol. The highest BCUT2D eigenvalue weighted by molar-refractivity contribution is 6.40. The van der Waals surface area contributed by atoms with Gasteiger partial charge in [-0.2, -0.15) is 0 Å². The molecule has 3 amide bonds. The van der Waals surface area contributed by atoms with Crippen LogP contribution in [0.3, 0.4) is 0 Å². The minimum Gasteiger partial charge on any atom is -0.348 e. The van der Waals surface area contributed by atoms with Crippen molar-refractivity contribution >= 4 is 23.4 Å². The summed E-state index contributed by atoms with van der Waals surface area (Å²) in [4.78, 5) is 38.7. The van der Waals surface area contributed by atoms with E-state index >= 15 is 0 Å². The van der Waals surface area contributed by atoms with E-state index in [2.05, 4.69) is 16.0 Å². The van der Waals surface area contributed by atoms with E-state index in [0.29, 0.717) is 24.3 Å². The van der Waals surface area contributed by atoms with Crippen molar-refractivity contribution in [1.29, 1.82) is 0 Å². The van der Waals surface area contributed by atoms with Gasteiger partial charge in [-0.05, 0) is 51.7 Å². The maximum atomic E-state index is 12.6. The van der Waals surface area contributed by atoms with E-state index < -0.39 is 11.8 Å². The summed E-state index contributed by atoms with van der Waals surface area (Å²) in [6.45, 7) is 3.59. The lowest BCUT2D eigenvalue weighted by atomic mass is 10.1. The number of para-hydroxylation sites is 1. The van der Waals surface area contributed by atoms with Crippen LogP contribution in [-0.2, 0) is 16.1 Å². The molecule has 0 aliphatic rings. The third-order valence-corrected chi connectivity index (χ3v) is 4.27. The molecule has 0 spiro atoms. The first-order valence-electron chi connectivity index (χ1n) is 9.53. The van der Waals surface area contributed by atoms with Crippen molar-refractivity contribution in [3.05, 3.63) is 65.2 Å². The third-order valence-electron chi connectivity index (χ3n) is 4.27. The van der Waals surface area contributed by atoms with E-state index in [1.54, 1.807) is 24.3 Å². The Labute approximate surface area is 171 Å². The molecule has 0 saturated heterocycles. The molecule has 0 saturated carbocycles. The molecule has 0 fully saturated rings. The fraction of sp³-hybridized carbons (Fsp3) is 0.318. The first-order chi connectivity index (χ1) is 13.9. The van der Waals surface area contributed by atoms with Gasteiger partial charge in [0.1, 0.15) is 0 Å². The number of aryl methyl sites for hydroxylation is 1. The Kier molecular flexibility index (Phi) is 8.36. The molecule has 0 radical (unpaired) electrons. The van der Waals surface area contributed by atoms with E-state index in [1.807, 2.05) is 50.2 Å². The first-order valence-corrected chi connectivity index (χ1v) is 9.53. The van der Waals surface area contributed by atoms with Gasteiger partial charge in [-0.1, -0.05) is 42.0 Å². The van der Waals surface area contributed by atoms with Crippen LogP contribution in [0.5, 0.6) is 0 Å². The molecule has 0 bridgehead atoms. The summed E-state index contributed by atoms with van der Waals surface area (Å²) in [7, 11) is 3.88. The van der Waals surface area contributed by atoms with Crippen molar-refractivity contribution < 1.29 is 14.4 Å². The molecule has 0 unspecified atom stereocenters. The van der Waals surface area contributed by atoms with Gasteiger partial charge in [0.15, 0.2) is 0 Å². The molecule has 154 valence electrons. The topological polar surface area (TPSA) is 90.5 Å². The molecule has 0 heterocycles. The number of carbonyl (C=O) groups excluding carboxylic acids is 3. The number of amides is 3. The minimum atomic E-state index is -0.798. The summed E-state index contributed by atoms with van der Waals surface area (Å²) in [5, 5.41) is 7.94. The second-order valence-electron chi connectivity index (χ2n) is 7.08. The van der Waals surface area contributed by atoms with Gasteiger partial charge < -0.3 is 20.9 Å². The predicted molar refractivity (Wildman–Crippen MR) is 114 cm³/mol. The number of benzene rings is 2. The van der Waals surface area contributed by atoms with Gasteiger partial charge in [0.2, 0.25) is 0 Å². The molecular formula is C22H28N4O3. The number of nitrogens with zero attached hydrogens (tertiary/aromatic N) is 1. The molecule has 7 nitrogen and oxygen atoms in total. The fourth-order valence-electron chi connectivity index (χ4n) is 2.63. The third kappa shape index (κ3) is 7.38. The zero-order valence-electron chi connectivity index (χ0n) is 17.1. The van der Waals surface area contributed by atoms with E-state index in [0.717, 1.165) is 24.1 Å². The molecule has 0 atom stereocenters. The van der Waals surface area contributed by atoms with E-state index in [1.165, 1.54) is 0 Å². The smallest absolute Gasteiger partial charge is 0.313 e. The molecule has 29 heavy (non-hydrogen) atoms. The number of hydrogen-bond acceptors (Lipinski definition) is 4. The predicted octanol–water partition coefficient (Wildman–Crippen LogP) is 1.93. The summed E-state index contributed by atoms with van der Waals surface area (Å²) in [6, 6.07) is 14.5. The zero-order chi connectivity index (χ0) is 21.2. The summed E-state index contributed by atoms with van der Waals surface area (Å²) in [5.74, 6) is -1.85. The van der Waals surface area contributed by atoms with Gasteiger partial charge in [0.05, 0.1) is 11.3 Å². The van der Waals surface area contributed by atoms with E-state index in [9.17, 15) is 14.4 Å². The van der Waals surface area contributed by atoms with Crippen molar-refractivity contribution in [3.63, 3.8) is 0 Å². The van der Waals surface area contributed by atoms with Gasteiger partial charge in [0.25, 0.3) is 5.91 Å². The number of anilines is 1. The molecular weight excluding hydrogens is 368 g/mol. The van der Waals surface area contributed by atoms with Gasteiger partial charge in [-0.3, -0.25) is 14.4 Å². The Morgan fingerprint density at radius 3 is 2.28 bits per heavy atom. The average Bonchev–Trinajstić information content (AvgIpc) is 2.70. The van der Waals surface area contributed by atoms with Crippen LogP contribution in [0.25, 0.3) is 0 Å². The van der Waals surface area contributed by atoms with E-state index in [-0.39, 0.29) is 5.91 Å². The summed E-state index contributed by atoms with van der Waals surface area (Å²) in [5.41, 5.74) is 2.71. The highest BCUT2D eigenvalue weighted by Gasteiger charge is 2.17. The Morgan fingerprint density at radius 2 is 1.59 bits per heavy atom. The van der Waals surface area contributed by atoms with Crippen LogP contribution in [0.4, 0.5) is 5.69 Å². The van der Waals surface area contributed by atoms with Crippen LogP contribution >= 0.6 is 0 Å². The summed E-state index contributed by atoms with van der Waals surface area (Å²) in [6.07, 6.45) is 0.740. The van der Waals surface area contributed by atoms with Gasteiger partial charge in [-0.15, -0.1) is 0 Å². The van der Waals surface area contributed by atoms with Gasteiger partial charge in [-0.25, -0.2) is 0 Å². The maximum absolute atomic E-state index is 12.6. The lowest BCUT2D eigenvalue weighted by molar-refractivity contribution is -0.136. The van der Waals surface area contributed by atoms with Gasteiger partial charge >= 0.3 is 11.8 Å². The standard InChI is InChI=1S/C22H28N4O3/c1-16-9-11-17(12-10-16)15-24-20(27)18-7-4-5-8-19(18)25-22(29)21(28)23-13-6-14-26(2)3/h4-5,7-12H,6,13-15H2,1-3H3,(H,23,28)(H,24,27)(H,25,29). The molecule has 0 aromatic heterocycles. The van der Waals surface area contributed by atoms with E-state index in [4.69, 9.17) is 0 Å². The van der Waals surface area contributed by atoms with Crippen LogP contribution in [-0.4, -0.2) is 49.8 Å². The van der Waals surface area contributed by atoms with Crippen LogP contribution in [0, 0.1) is 6.92 Å². The number of nitrogens with one attached hydrogen (secondary N) is 3. The summed E-state index contributed by atoms with van der Waals surface area (Å²) < 4.78 is 0. The zero-order valence-corrected chi connectivity index (χ0v) is 17.1. The Hall–Kier alpha value is -3.19. The highest BCUT2D eigenvalue weighted by atomic mass is 16.2. The Morgan fingerprint density at radius 1 is 0.897 bits per heavy atom. The number of carbonyl (C=O) groups is 3. The molecule has 2 aromatic rings. The minimum absolute atomic E-state index is 0.294. The van der Waals surface area contributed by atoms with Crippen LogP contribution in [0.15, 0.2) is 48.5 Å². The lowest BCUT2D eigenvalue weighted by Crippen LogP contribution is -2.37. The molecule has 0 aliphatic heterocycles. The second kappa shape index (κ2) is 11.0. The van der Waals surface area contributed by atoms with Crippen molar-refractivity contribution in [2.24, 2.45) is 0 Å².